The third-order valence-corrected chi connectivity index (χ3v) is 2.37. The first-order valence-corrected chi connectivity index (χ1v) is 7.78. The number of nitrogens with one attached hydrogen (secondary N) is 2. The number of nitrogens with zero attached hydrogens (tertiary/aromatic N) is 1. The highest BCUT2D eigenvalue weighted by Gasteiger charge is 2.21. The van der Waals surface area contributed by atoms with Gasteiger partial charge in [0.15, 0.2) is 0 Å². The van der Waals surface area contributed by atoms with Crippen LogP contribution in [0.1, 0.15) is 41.5 Å². The Balaban J connectivity index is 2.95. The molecule has 0 spiro atoms. The third kappa shape index (κ3) is 9.19. The van der Waals surface area contributed by atoms with Crippen LogP contribution in [0, 0.1) is 0 Å². The molecule has 0 aliphatic carbocycles. The van der Waals surface area contributed by atoms with Gasteiger partial charge < -0.3 is 15.2 Å². The molecule has 0 unspecified atom stereocenters. The summed E-state index contributed by atoms with van der Waals surface area (Å²) in [7, 11) is 0. The summed E-state index contributed by atoms with van der Waals surface area (Å²) in [5.74, 6) is -0.117. The van der Waals surface area contributed by atoms with Crippen LogP contribution in [0.15, 0.2) is 29.3 Å². The van der Waals surface area contributed by atoms with Gasteiger partial charge in [-0.1, -0.05) is 0 Å². The van der Waals surface area contributed by atoms with E-state index < -0.39 is 23.4 Å². The highest BCUT2D eigenvalue weighted by atomic mass is 16.6. The zero-order valence-corrected chi connectivity index (χ0v) is 15.5. The average molecular weight is 350 g/mol. The van der Waals surface area contributed by atoms with Gasteiger partial charge in [-0.2, -0.15) is 0 Å². The maximum absolute atomic E-state index is 12.0. The molecule has 0 aliphatic heterocycles. The van der Waals surface area contributed by atoms with Gasteiger partial charge in [0.2, 0.25) is 5.96 Å². The average Bonchev–Trinajstić information content (AvgIpc) is 2.36. The number of amides is 2. The van der Waals surface area contributed by atoms with E-state index in [-0.39, 0.29) is 5.96 Å². The number of anilines is 1. The maximum Gasteiger partial charge on any atom is 0.414 e. The first-order valence-electron chi connectivity index (χ1n) is 7.78. The zero-order valence-electron chi connectivity index (χ0n) is 15.5. The molecule has 0 aromatic heterocycles. The van der Waals surface area contributed by atoms with Crippen LogP contribution in [-0.2, 0) is 9.47 Å². The maximum atomic E-state index is 12.0. The molecule has 0 atom stereocenters. The number of ether oxygens (including phenoxy) is 2. The lowest BCUT2D eigenvalue weighted by Gasteiger charge is -2.22. The highest BCUT2D eigenvalue weighted by molar-refractivity contribution is 6.02. The van der Waals surface area contributed by atoms with Gasteiger partial charge in [0, 0.05) is 5.69 Å². The van der Waals surface area contributed by atoms with Crippen molar-refractivity contribution in [2.45, 2.75) is 52.7 Å². The number of benzene rings is 1. The minimum absolute atomic E-state index is 0.117. The molecule has 0 aliphatic rings. The number of hydrogen-bond donors (Lipinski definition) is 3. The lowest BCUT2D eigenvalue weighted by Crippen LogP contribution is -2.47. The summed E-state index contributed by atoms with van der Waals surface area (Å²) in [4.78, 5) is 28.1. The van der Waals surface area contributed by atoms with Crippen molar-refractivity contribution in [1.82, 2.24) is 10.6 Å². The fourth-order valence-electron chi connectivity index (χ4n) is 1.57. The monoisotopic (exact) mass is 350 g/mol. The molecule has 8 nitrogen and oxygen atoms in total. The normalized spacial score (nSPS) is 11.3. The van der Waals surface area contributed by atoms with Gasteiger partial charge in [-0.05, 0) is 65.8 Å². The number of guanidine groups is 1. The van der Waals surface area contributed by atoms with E-state index in [0.29, 0.717) is 11.4 Å². The van der Waals surface area contributed by atoms with Crippen LogP contribution in [-0.4, -0.2) is 29.3 Å². The van der Waals surface area contributed by atoms with Crippen molar-refractivity contribution < 1.29 is 19.1 Å². The first kappa shape index (κ1) is 20.3. The van der Waals surface area contributed by atoms with Crippen molar-refractivity contribution in [2.75, 3.05) is 5.73 Å². The van der Waals surface area contributed by atoms with Crippen molar-refractivity contribution in [3.05, 3.63) is 24.3 Å². The van der Waals surface area contributed by atoms with Crippen LogP contribution in [0.25, 0.3) is 0 Å². The number of aliphatic imine (C=N–C) groups is 1. The molecule has 0 saturated heterocycles. The molecule has 8 heteroatoms. The van der Waals surface area contributed by atoms with E-state index in [1.54, 1.807) is 65.8 Å². The van der Waals surface area contributed by atoms with Gasteiger partial charge >= 0.3 is 12.2 Å². The number of nitrogen functional groups attached to an aromatic ring is 1. The van der Waals surface area contributed by atoms with E-state index in [1.807, 2.05) is 0 Å². The summed E-state index contributed by atoms with van der Waals surface area (Å²) in [6.45, 7) is 10.4. The first-order chi connectivity index (χ1) is 11.3. The molecule has 1 aromatic carbocycles. The Morgan fingerprint density at radius 3 is 1.64 bits per heavy atom. The Morgan fingerprint density at radius 1 is 0.880 bits per heavy atom. The molecule has 0 bridgehead atoms. The third-order valence-electron chi connectivity index (χ3n) is 2.37. The van der Waals surface area contributed by atoms with Gasteiger partial charge in [-0.3, -0.25) is 10.6 Å². The van der Waals surface area contributed by atoms with E-state index in [2.05, 4.69) is 15.6 Å². The van der Waals surface area contributed by atoms with Gasteiger partial charge in [-0.15, -0.1) is 0 Å². The number of hydrogen-bond acceptors (Lipinski definition) is 6. The fourth-order valence-corrected chi connectivity index (χ4v) is 1.57. The lowest BCUT2D eigenvalue weighted by atomic mass is 10.2. The Bertz CT molecular complexity index is 608. The molecule has 1 rings (SSSR count). The van der Waals surface area contributed by atoms with E-state index in [9.17, 15) is 9.59 Å². The number of rotatable bonds is 1. The van der Waals surface area contributed by atoms with Gasteiger partial charge in [0.25, 0.3) is 0 Å². The van der Waals surface area contributed by atoms with Crippen LogP contribution in [0.3, 0.4) is 0 Å². The quantitative estimate of drug-likeness (QED) is 0.408. The van der Waals surface area contributed by atoms with Crippen LogP contribution < -0.4 is 16.4 Å². The van der Waals surface area contributed by atoms with Crippen LogP contribution >= 0.6 is 0 Å². The molecule has 0 fully saturated rings. The van der Waals surface area contributed by atoms with Crippen LogP contribution in [0.5, 0.6) is 0 Å². The SMILES string of the molecule is CC(C)(C)OC(=O)NC(=Nc1ccc(N)cc1)NC(=O)OC(C)(C)C. The number of carbonyl (C=O) groups excluding carboxylic acids is 2. The predicted octanol–water partition coefficient (Wildman–Crippen LogP) is 3.31. The summed E-state index contributed by atoms with van der Waals surface area (Å²) in [6.07, 6.45) is -1.50. The second kappa shape index (κ2) is 7.87. The number of alkyl carbamates (subject to hydrolysis) is 2. The van der Waals surface area contributed by atoms with E-state index >= 15 is 0 Å². The Hall–Kier alpha value is -2.77. The fraction of sp³-hybridized carbons (Fsp3) is 0.471. The minimum Gasteiger partial charge on any atom is -0.444 e. The van der Waals surface area contributed by atoms with Crippen molar-refractivity contribution >= 4 is 29.5 Å². The topological polar surface area (TPSA) is 115 Å². The smallest absolute Gasteiger partial charge is 0.414 e. The molecular weight excluding hydrogens is 324 g/mol. The van der Waals surface area contributed by atoms with E-state index in [0.717, 1.165) is 0 Å². The second-order valence-electron chi connectivity index (χ2n) is 7.31. The molecular formula is C17H26N4O4. The molecule has 4 N–H and O–H groups in total. The van der Waals surface area contributed by atoms with Gasteiger partial charge in [0.1, 0.15) is 11.2 Å². The zero-order chi connectivity index (χ0) is 19.3. The summed E-state index contributed by atoms with van der Waals surface area (Å²) >= 11 is 0. The summed E-state index contributed by atoms with van der Waals surface area (Å²) in [5, 5.41) is 4.80. The molecule has 0 saturated carbocycles. The lowest BCUT2D eigenvalue weighted by molar-refractivity contribution is 0.0545. The summed E-state index contributed by atoms with van der Waals surface area (Å²) in [5.41, 5.74) is 5.30. The van der Waals surface area contributed by atoms with Crippen molar-refractivity contribution in [3.8, 4) is 0 Å². The van der Waals surface area contributed by atoms with Crippen molar-refractivity contribution in [1.29, 1.82) is 0 Å². The molecule has 138 valence electrons. The molecule has 0 radical (unpaired) electrons. The van der Waals surface area contributed by atoms with Crippen molar-refractivity contribution in [2.24, 2.45) is 4.99 Å². The largest absolute Gasteiger partial charge is 0.444 e. The van der Waals surface area contributed by atoms with Crippen LogP contribution in [0.4, 0.5) is 21.0 Å². The molecule has 25 heavy (non-hydrogen) atoms. The molecule has 2 amide bonds. The second-order valence-corrected chi connectivity index (χ2v) is 7.31. The minimum atomic E-state index is -0.752. The summed E-state index contributed by atoms with van der Waals surface area (Å²) < 4.78 is 10.3. The van der Waals surface area contributed by atoms with Gasteiger partial charge in [0.05, 0.1) is 5.69 Å². The highest BCUT2D eigenvalue weighted by Crippen LogP contribution is 2.14. The Morgan fingerprint density at radius 2 is 1.28 bits per heavy atom. The van der Waals surface area contributed by atoms with Crippen LogP contribution in [0.2, 0.25) is 0 Å². The Kier molecular flexibility index (Phi) is 6.38. The molecule has 1 aromatic rings. The van der Waals surface area contributed by atoms with Crippen molar-refractivity contribution in [3.63, 3.8) is 0 Å². The van der Waals surface area contributed by atoms with E-state index in [4.69, 9.17) is 15.2 Å². The Labute approximate surface area is 147 Å². The standard InChI is InChI=1S/C17H26N4O4/c1-16(2,3)24-14(22)20-13(21-15(23)25-17(4,5)6)19-12-9-7-11(18)8-10-12/h7-10H,18H2,1-6H3,(H2,19,20,21,22,23). The number of carbonyl (C=O) groups is 2. The summed E-state index contributed by atoms with van der Waals surface area (Å²) in [6, 6.07) is 6.58. The van der Waals surface area contributed by atoms with E-state index in [1.165, 1.54) is 0 Å². The predicted molar refractivity (Wildman–Crippen MR) is 96.7 cm³/mol. The molecule has 0 heterocycles. The number of nitrogens with two attached hydrogens (primary N) is 1. The van der Waals surface area contributed by atoms with Gasteiger partial charge in [-0.25, -0.2) is 14.6 Å².